The number of carbonyl (C=O) groups excluding carboxylic acids is 2. The second kappa shape index (κ2) is 7.52. The largest absolute Gasteiger partial charge is 0.446 e. The number of hydrogen-bond donors (Lipinski definition) is 3. The molecule has 1 heterocycles. The summed E-state index contributed by atoms with van der Waals surface area (Å²) in [5, 5.41) is 14.0. The van der Waals surface area contributed by atoms with Crippen LogP contribution in [0.1, 0.15) is 40.0 Å². The molecule has 0 aliphatic rings. The first kappa shape index (κ1) is 17.1. The second-order valence-electron chi connectivity index (χ2n) is 4.22. The molecule has 0 aliphatic heterocycles. The average molecular weight is 271 g/mol. The van der Waals surface area contributed by atoms with E-state index in [1.165, 1.54) is 13.2 Å². The summed E-state index contributed by atoms with van der Waals surface area (Å²) in [6, 6.07) is -1.03. The molecule has 0 saturated heterocycles. The minimum atomic E-state index is -1.03. The van der Waals surface area contributed by atoms with Crippen molar-refractivity contribution in [2.75, 3.05) is 5.32 Å². The van der Waals surface area contributed by atoms with Gasteiger partial charge >= 0.3 is 0 Å². The third-order valence-electron chi connectivity index (χ3n) is 2.28. The van der Waals surface area contributed by atoms with Gasteiger partial charge < -0.3 is 20.2 Å². The Balaban J connectivity index is 0.00000324. The van der Waals surface area contributed by atoms with Gasteiger partial charge in [-0.25, -0.2) is 0 Å². The molecule has 0 spiro atoms. The Hall–Kier alpha value is -1.89. The SMILES string of the molecule is C.CC(C)c1nc(NC(=O)C(NC=O)C(C)O)co1. The van der Waals surface area contributed by atoms with Gasteiger partial charge in [-0.3, -0.25) is 9.59 Å². The van der Waals surface area contributed by atoms with E-state index in [0.717, 1.165) is 0 Å². The molecule has 3 N–H and O–H groups in total. The molecule has 19 heavy (non-hydrogen) atoms. The predicted octanol–water partition coefficient (Wildman–Crippen LogP) is 0.868. The zero-order valence-electron chi connectivity index (χ0n) is 10.5. The zero-order valence-corrected chi connectivity index (χ0v) is 10.5. The van der Waals surface area contributed by atoms with Gasteiger partial charge in [0.15, 0.2) is 11.7 Å². The minimum absolute atomic E-state index is 0. The third kappa shape index (κ3) is 4.70. The standard InChI is InChI=1S/C11H17N3O4.CH4/c1-6(2)11-14-8(4-18-11)13-10(17)9(7(3)16)12-5-15;/h4-7,9,16H,1-3H3,(H,12,15)(H,13,17);1H4. The zero-order chi connectivity index (χ0) is 13.7. The molecule has 2 atom stereocenters. The van der Waals surface area contributed by atoms with Crippen molar-refractivity contribution in [2.45, 2.75) is 46.3 Å². The lowest BCUT2D eigenvalue weighted by molar-refractivity contribution is -0.123. The van der Waals surface area contributed by atoms with E-state index >= 15 is 0 Å². The molecule has 0 radical (unpaired) electrons. The molecule has 7 nitrogen and oxygen atoms in total. The van der Waals surface area contributed by atoms with Crippen LogP contribution in [0.5, 0.6) is 0 Å². The molecule has 1 aromatic heterocycles. The Bertz CT molecular complexity index is 415. The van der Waals surface area contributed by atoms with Crippen LogP contribution >= 0.6 is 0 Å². The molecule has 0 bridgehead atoms. The highest BCUT2D eigenvalue weighted by atomic mass is 16.3. The summed E-state index contributed by atoms with van der Waals surface area (Å²) < 4.78 is 5.15. The Labute approximate surface area is 112 Å². The van der Waals surface area contributed by atoms with Gasteiger partial charge in [-0.05, 0) is 6.92 Å². The van der Waals surface area contributed by atoms with Gasteiger partial charge in [0.1, 0.15) is 12.3 Å². The smallest absolute Gasteiger partial charge is 0.250 e. The van der Waals surface area contributed by atoms with E-state index in [9.17, 15) is 14.7 Å². The molecule has 0 fully saturated rings. The van der Waals surface area contributed by atoms with Crippen molar-refractivity contribution < 1.29 is 19.1 Å². The monoisotopic (exact) mass is 271 g/mol. The number of nitrogens with zero attached hydrogens (tertiary/aromatic N) is 1. The summed E-state index contributed by atoms with van der Waals surface area (Å²) in [7, 11) is 0. The first-order chi connectivity index (χ1) is 8.45. The summed E-state index contributed by atoms with van der Waals surface area (Å²) >= 11 is 0. The van der Waals surface area contributed by atoms with Crippen molar-refractivity contribution in [3.8, 4) is 0 Å². The topological polar surface area (TPSA) is 104 Å². The van der Waals surface area contributed by atoms with Crippen LogP contribution in [0.25, 0.3) is 0 Å². The molecule has 7 heteroatoms. The number of aliphatic hydroxyl groups excluding tert-OH is 1. The number of rotatable bonds is 6. The van der Waals surface area contributed by atoms with E-state index in [1.54, 1.807) is 0 Å². The van der Waals surface area contributed by atoms with Crippen LogP contribution in [0.4, 0.5) is 5.82 Å². The van der Waals surface area contributed by atoms with Crippen LogP contribution < -0.4 is 10.6 Å². The fraction of sp³-hybridized carbons (Fsp3) is 0.583. The van der Waals surface area contributed by atoms with Gasteiger partial charge in [0.2, 0.25) is 6.41 Å². The van der Waals surface area contributed by atoms with Crippen LogP contribution in [0.2, 0.25) is 0 Å². The number of oxazole rings is 1. The van der Waals surface area contributed by atoms with Crippen LogP contribution in [0.3, 0.4) is 0 Å². The van der Waals surface area contributed by atoms with Gasteiger partial charge in [-0.15, -0.1) is 0 Å². The summed E-state index contributed by atoms with van der Waals surface area (Å²) in [6.07, 6.45) is 0.665. The van der Waals surface area contributed by atoms with Crippen LogP contribution in [0.15, 0.2) is 10.7 Å². The van der Waals surface area contributed by atoms with E-state index in [-0.39, 0.29) is 19.2 Å². The molecule has 0 aliphatic carbocycles. The van der Waals surface area contributed by atoms with Gasteiger partial charge in [0, 0.05) is 5.92 Å². The van der Waals surface area contributed by atoms with Gasteiger partial charge in [-0.2, -0.15) is 4.98 Å². The van der Waals surface area contributed by atoms with Crippen molar-refractivity contribution in [1.29, 1.82) is 0 Å². The number of amides is 2. The second-order valence-corrected chi connectivity index (χ2v) is 4.22. The number of nitrogens with one attached hydrogen (secondary N) is 2. The normalized spacial score (nSPS) is 13.3. The van der Waals surface area contributed by atoms with Gasteiger partial charge in [0.05, 0.1) is 6.10 Å². The van der Waals surface area contributed by atoms with Crippen LogP contribution in [-0.2, 0) is 9.59 Å². The highest BCUT2D eigenvalue weighted by molar-refractivity contribution is 5.95. The first-order valence-corrected chi connectivity index (χ1v) is 5.59. The summed E-state index contributed by atoms with van der Waals surface area (Å²) in [5.41, 5.74) is 0. The average Bonchev–Trinajstić information content (AvgIpc) is 2.73. The van der Waals surface area contributed by atoms with Crippen molar-refractivity contribution in [2.24, 2.45) is 0 Å². The maximum atomic E-state index is 11.7. The summed E-state index contributed by atoms with van der Waals surface area (Å²) in [5.74, 6) is 0.307. The maximum Gasteiger partial charge on any atom is 0.250 e. The number of hydrogen-bond acceptors (Lipinski definition) is 5. The fourth-order valence-corrected chi connectivity index (χ4v) is 1.32. The van der Waals surface area contributed by atoms with E-state index < -0.39 is 18.1 Å². The Kier molecular flexibility index (Phi) is 6.78. The molecule has 2 unspecified atom stereocenters. The molecular weight excluding hydrogens is 250 g/mol. The highest BCUT2D eigenvalue weighted by Gasteiger charge is 2.23. The van der Waals surface area contributed by atoms with Crippen LogP contribution in [-0.4, -0.2) is 34.6 Å². The van der Waals surface area contributed by atoms with E-state index in [2.05, 4.69) is 15.6 Å². The molecular formula is C12H21N3O4. The van der Waals surface area contributed by atoms with Crippen molar-refractivity contribution in [1.82, 2.24) is 10.3 Å². The fourth-order valence-electron chi connectivity index (χ4n) is 1.32. The number of aliphatic hydroxyl groups is 1. The van der Waals surface area contributed by atoms with Crippen LogP contribution in [0, 0.1) is 0 Å². The lowest BCUT2D eigenvalue weighted by Crippen LogP contribution is -2.47. The first-order valence-electron chi connectivity index (χ1n) is 5.59. The number of anilines is 1. The van der Waals surface area contributed by atoms with E-state index in [1.807, 2.05) is 13.8 Å². The number of aromatic nitrogens is 1. The van der Waals surface area contributed by atoms with Crippen molar-refractivity contribution in [3.05, 3.63) is 12.2 Å². The summed E-state index contributed by atoms with van der Waals surface area (Å²) in [6.45, 7) is 5.22. The lowest BCUT2D eigenvalue weighted by atomic mass is 10.2. The molecule has 1 rings (SSSR count). The molecule has 1 aromatic rings. The van der Waals surface area contributed by atoms with Crippen molar-refractivity contribution >= 4 is 18.1 Å². The van der Waals surface area contributed by atoms with E-state index in [0.29, 0.717) is 12.3 Å². The van der Waals surface area contributed by atoms with Gasteiger partial charge in [0.25, 0.3) is 5.91 Å². The Morgan fingerprint density at radius 2 is 2.11 bits per heavy atom. The van der Waals surface area contributed by atoms with Crippen molar-refractivity contribution in [3.63, 3.8) is 0 Å². The predicted molar refractivity (Wildman–Crippen MR) is 70.6 cm³/mol. The minimum Gasteiger partial charge on any atom is -0.446 e. The third-order valence-corrected chi connectivity index (χ3v) is 2.28. The Morgan fingerprint density at radius 1 is 1.47 bits per heavy atom. The number of carbonyl (C=O) groups is 2. The molecule has 2 amide bonds. The molecule has 108 valence electrons. The lowest BCUT2D eigenvalue weighted by Gasteiger charge is -2.17. The highest BCUT2D eigenvalue weighted by Crippen LogP contribution is 2.16. The molecule has 0 aromatic carbocycles. The summed E-state index contributed by atoms with van der Waals surface area (Å²) in [4.78, 5) is 26.1. The van der Waals surface area contributed by atoms with E-state index in [4.69, 9.17) is 4.42 Å². The Morgan fingerprint density at radius 3 is 2.53 bits per heavy atom. The quantitative estimate of drug-likeness (QED) is 0.666. The van der Waals surface area contributed by atoms with Gasteiger partial charge in [-0.1, -0.05) is 21.3 Å². The molecule has 0 saturated carbocycles. The maximum absolute atomic E-state index is 11.7.